The molecule has 1 rings (SSSR count). The van der Waals surface area contributed by atoms with Crippen molar-refractivity contribution in [2.45, 2.75) is 45.1 Å². The van der Waals surface area contributed by atoms with Gasteiger partial charge in [-0.1, -0.05) is 25.4 Å². The average molecular weight is 305 g/mol. The van der Waals surface area contributed by atoms with Crippen molar-refractivity contribution in [3.8, 4) is 0 Å². The molecule has 4 nitrogen and oxygen atoms in total. The molecule has 0 spiro atoms. The molecule has 0 radical (unpaired) electrons. The molecule has 6 heteroatoms. The fraction of sp³-hybridized carbons (Fsp3) is 0.538. The van der Waals surface area contributed by atoms with Crippen molar-refractivity contribution < 1.29 is 8.42 Å². The van der Waals surface area contributed by atoms with E-state index in [2.05, 4.69) is 4.72 Å². The maximum Gasteiger partial charge on any atom is 0.240 e. The van der Waals surface area contributed by atoms with Crippen LogP contribution in [0, 0.1) is 12.8 Å². The van der Waals surface area contributed by atoms with E-state index in [1.165, 1.54) is 12.1 Å². The fourth-order valence-electron chi connectivity index (χ4n) is 1.92. The van der Waals surface area contributed by atoms with Gasteiger partial charge in [-0.2, -0.15) is 0 Å². The van der Waals surface area contributed by atoms with Gasteiger partial charge >= 0.3 is 0 Å². The highest BCUT2D eigenvalue weighted by Crippen LogP contribution is 2.26. The van der Waals surface area contributed by atoms with Crippen LogP contribution in [-0.2, 0) is 10.0 Å². The Labute approximate surface area is 120 Å². The van der Waals surface area contributed by atoms with Gasteiger partial charge < -0.3 is 5.73 Å². The lowest BCUT2D eigenvalue weighted by Crippen LogP contribution is -2.33. The molecule has 0 aromatic heterocycles. The van der Waals surface area contributed by atoms with Gasteiger partial charge in [0.25, 0.3) is 0 Å². The summed E-state index contributed by atoms with van der Waals surface area (Å²) < 4.78 is 27.1. The molecule has 3 N–H and O–H groups in total. The van der Waals surface area contributed by atoms with Gasteiger partial charge in [0, 0.05) is 16.8 Å². The molecule has 0 saturated carbocycles. The standard InChI is InChI=1S/C13H21ClN2O2S/c1-8(2)5-9(3)16-19(17,18)11-6-12(14)10(4)13(15)7-11/h6-9,16H,5,15H2,1-4H3. The summed E-state index contributed by atoms with van der Waals surface area (Å²) >= 11 is 5.97. The second-order valence-corrected chi connectivity index (χ2v) is 7.39. The summed E-state index contributed by atoms with van der Waals surface area (Å²) in [5.41, 5.74) is 6.82. The van der Waals surface area contributed by atoms with Crippen LogP contribution in [0.4, 0.5) is 5.69 Å². The van der Waals surface area contributed by atoms with Crippen LogP contribution in [0.15, 0.2) is 17.0 Å². The lowest BCUT2D eigenvalue weighted by atomic mass is 10.1. The number of nitrogens with one attached hydrogen (secondary N) is 1. The molecule has 0 aliphatic heterocycles. The summed E-state index contributed by atoms with van der Waals surface area (Å²) in [7, 11) is -3.58. The van der Waals surface area contributed by atoms with E-state index in [1.807, 2.05) is 20.8 Å². The van der Waals surface area contributed by atoms with Gasteiger partial charge in [0.05, 0.1) is 4.90 Å². The number of hydrogen-bond acceptors (Lipinski definition) is 3. The minimum Gasteiger partial charge on any atom is -0.398 e. The Bertz CT molecular complexity index is 533. The molecule has 1 aromatic carbocycles. The zero-order valence-electron chi connectivity index (χ0n) is 11.7. The topological polar surface area (TPSA) is 72.2 Å². The van der Waals surface area contributed by atoms with E-state index in [-0.39, 0.29) is 10.9 Å². The van der Waals surface area contributed by atoms with Crippen molar-refractivity contribution in [2.24, 2.45) is 5.92 Å². The molecule has 0 fully saturated rings. The molecule has 108 valence electrons. The van der Waals surface area contributed by atoms with Gasteiger partial charge in [0.15, 0.2) is 0 Å². The molecule has 1 aromatic rings. The van der Waals surface area contributed by atoms with E-state index in [0.29, 0.717) is 22.2 Å². The molecule has 0 saturated heterocycles. The fourth-order valence-corrected chi connectivity index (χ4v) is 3.53. The van der Waals surface area contributed by atoms with Crippen molar-refractivity contribution in [1.29, 1.82) is 0 Å². The zero-order valence-corrected chi connectivity index (χ0v) is 13.3. The van der Waals surface area contributed by atoms with Gasteiger partial charge in [-0.15, -0.1) is 0 Å². The van der Waals surface area contributed by atoms with Crippen molar-refractivity contribution in [3.63, 3.8) is 0 Å². The summed E-state index contributed by atoms with van der Waals surface area (Å²) in [5.74, 6) is 0.421. The predicted molar refractivity (Wildman–Crippen MR) is 79.8 cm³/mol. The molecule has 19 heavy (non-hydrogen) atoms. The monoisotopic (exact) mass is 304 g/mol. The molecular weight excluding hydrogens is 284 g/mol. The first-order chi connectivity index (χ1) is 8.63. The van der Waals surface area contributed by atoms with E-state index >= 15 is 0 Å². The van der Waals surface area contributed by atoms with Crippen LogP contribution in [0.1, 0.15) is 32.8 Å². The molecule has 1 atom stereocenters. The zero-order chi connectivity index (χ0) is 14.8. The third-order valence-corrected chi connectivity index (χ3v) is 4.81. The highest BCUT2D eigenvalue weighted by atomic mass is 35.5. The molecule has 1 unspecified atom stereocenters. The van der Waals surface area contributed by atoms with E-state index in [9.17, 15) is 8.42 Å². The van der Waals surface area contributed by atoms with Crippen LogP contribution >= 0.6 is 11.6 Å². The van der Waals surface area contributed by atoms with Crippen molar-refractivity contribution in [2.75, 3.05) is 5.73 Å². The Morgan fingerprint density at radius 3 is 2.37 bits per heavy atom. The van der Waals surface area contributed by atoms with Gasteiger partial charge in [-0.3, -0.25) is 0 Å². The molecule has 0 heterocycles. The first kappa shape index (κ1) is 16.3. The van der Waals surface area contributed by atoms with Gasteiger partial charge in [0.2, 0.25) is 10.0 Å². The van der Waals surface area contributed by atoms with Gasteiger partial charge in [0.1, 0.15) is 0 Å². The van der Waals surface area contributed by atoms with Crippen LogP contribution < -0.4 is 10.5 Å². The maximum atomic E-state index is 12.2. The summed E-state index contributed by atoms with van der Waals surface area (Å²) in [5, 5.41) is 0.358. The molecular formula is C13H21ClN2O2S. The summed E-state index contributed by atoms with van der Waals surface area (Å²) in [4.78, 5) is 0.108. The smallest absolute Gasteiger partial charge is 0.240 e. The lowest BCUT2D eigenvalue weighted by molar-refractivity contribution is 0.482. The third-order valence-electron chi connectivity index (χ3n) is 2.85. The Balaban J connectivity index is 3.01. The predicted octanol–water partition coefficient (Wildman–Crippen LogP) is 2.94. The highest BCUT2D eigenvalue weighted by molar-refractivity contribution is 7.89. The second kappa shape index (κ2) is 6.11. The summed E-state index contributed by atoms with van der Waals surface area (Å²) in [6, 6.07) is 2.73. The lowest BCUT2D eigenvalue weighted by Gasteiger charge is -2.17. The number of benzene rings is 1. The average Bonchev–Trinajstić information content (AvgIpc) is 2.22. The first-order valence-corrected chi connectivity index (χ1v) is 8.07. The van der Waals surface area contributed by atoms with E-state index in [0.717, 1.165) is 6.42 Å². The van der Waals surface area contributed by atoms with E-state index < -0.39 is 10.0 Å². The largest absolute Gasteiger partial charge is 0.398 e. The summed E-state index contributed by atoms with van der Waals surface area (Å²) in [6.45, 7) is 7.69. The number of hydrogen-bond donors (Lipinski definition) is 2. The van der Waals surface area contributed by atoms with E-state index in [1.54, 1.807) is 6.92 Å². The van der Waals surface area contributed by atoms with Crippen LogP contribution in [0.2, 0.25) is 5.02 Å². The third kappa shape index (κ3) is 4.37. The normalized spacial score (nSPS) is 13.8. The number of nitrogens with two attached hydrogens (primary N) is 1. The number of anilines is 1. The van der Waals surface area contributed by atoms with Crippen LogP contribution in [0.5, 0.6) is 0 Å². The second-order valence-electron chi connectivity index (χ2n) is 5.27. The van der Waals surface area contributed by atoms with Crippen molar-refractivity contribution >= 4 is 27.3 Å². The van der Waals surface area contributed by atoms with Crippen molar-refractivity contribution in [1.82, 2.24) is 4.72 Å². The minimum atomic E-state index is -3.58. The van der Waals surface area contributed by atoms with Crippen LogP contribution in [-0.4, -0.2) is 14.5 Å². The van der Waals surface area contributed by atoms with Gasteiger partial charge in [-0.05, 0) is 43.9 Å². The number of rotatable bonds is 5. The maximum absolute atomic E-state index is 12.2. The Kier molecular flexibility index (Phi) is 5.24. The van der Waals surface area contributed by atoms with E-state index in [4.69, 9.17) is 17.3 Å². The number of halogens is 1. The van der Waals surface area contributed by atoms with Crippen molar-refractivity contribution in [3.05, 3.63) is 22.7 Å². The van der Waals surface area contributed by atoms with Crippen LogP contribution in [0.3, 0.4) is 0 Å². The molecule has 0 aliphatic rings. The molecule has 0 amide bonds. The Morgan fingerprint density at radius 1 is 1.32 bits per heavy atom. The van der Waals surface area contributed by atoms with Gasteiger partial charge in [-0.25, -0.2) is 13.1 Å². The minimum absolute atomic E-state index is 0.108. The first-order valence-electron chi connectivity index (χ1n) is 6.21. The molecule has 0 bridgehead atoms. The Morgan fingerprint density at radius 2 is 1.89 bits per heavy atom. The SMILES string of the molecule is Cc1c(N)cc(S(=O)(=O)NC(C)CC(C)C)cc1Cl. The number of sulfonamides is 1. The Hall–Kier alpha value is -0.780. The molecule has 0 aliphatic carbocycles. The highest BCUT2D eigenvalue weighted by Gasteiger charge is 2.19. The quantitative estimate of drug-likeness (QED) is 0.822. The summed E-state index contributed by atoms with van der Waals surface area (Å²) in [6.07, 6.45) is 0.772. The number of nitrogen functional groups attached to an aromatic ring is 1. The van der Waals surface area contributed by atoms with Crippen LogP contribution in [0.25, 0.3) is 0 Å².